The van der Waals surface area contributed by atoms with Crippen molar-refractivity contribution in [2.45, 2.75) is 85.5 Å². The third kappa shape index (κ3) is 4.03. The standard InChI is InChI=1S/C27H38O6/c1-6-31-25(32-7-2)24(30)21-9-8-19-23-20(11-13-27(19,21)5)26(4)12-10-18(29)14-17(26)15-22(23)33-16(3)28/h8-9,17,20,22-23,25H,6-7,10-15H2,1-5H3/t17?,20-,22+,23-,26-,27-/m0/s1. The van der Waals surface area contributed by atoms with Crippen molar-refractivity contribution < 1.29 is 28.6 Å². The molecule has 0 amide bonds. The number of esters is 1. The second-order valence-electron chi connectivity index (χ2n) is 10.6. The predicted molar refractivity (Wildman–Crippen MR) is 123 cm³/mol. The smallest absolute Gasteiger partial charge is 0.302 e. The van der Waals surface area contributed by atoms with E-state index in [2.05, 4.69) is 19.9 Å². The highest BCUT2D eigenvalue weighted by Gasteiger charge is 2.61. The van der Waals surface area contributed by atoms with Gasteiger partial charge in [-0.3, -0.25) is 14.4 Å². The van der Waals surface area contributed by atoms with Crippen molar-refractivity contribution in [3.8, 4) is 0 Å². The van der Waals surface area contributed by atoms with Crippen LogP contribution in [0.25, 0.3) is 0 Å². The van der Waals surface area contributed by atoms with Gasteiger partial charge in [-0.1, -0.05) is 31.6 Å². The molecule has 0 radical (unpaired) electrons. The topological polar surface area (TPSA) is 78.9 Å². The number of hydrogen-bond donors (Lipinski definition) is 0. The summed E-state index contributed by atoms with van der Waals surface area (Å²) in [6.07, 6.45) is 7.49. The largest absolute Gasteiger partial charge is 0.462 e. The highest BCUT2D eigenvalue weighted by Crippen LogP contribution is 2.65. The molecule has 3 fully saturated rings. The number of fused-ring (bicyclic) bond motifs is 5. The number of ether oxygens (including phenoxy) is 3. The van der Waals surface area contributed by atoms with Crippen molar-refractivity contribution in [3.05, 3.63) is 23.3 Å². The first-order valence-corrected chi connectivity index (χ1v) is 12.5. The van der Waals surface area contributed by atoms with E-state index in [9.17, 15) is 14.4 Å². The van der Waals surface area contributed by atoms with Crippen LogP contribution in [0.1, 0.15) is 73.1 Å². The van der Waals surface area contributed by atoms with Gasteiger partial charge in [0.1, 0.15) is 11.9 Å². The van der Waals surface area contributed by atoms with Gasteiger partial charge in [-0.25, -0.2) is 0 Å². The first-order valence-electron chi connectivity index (χ1n) is 12.5. The van der Waals surface area contributed by atoms with E-state index in [1.807, 2.05) is 19.9 Å². The number of allylic oxidation sites excluding steroid dienone is 2. The van der Waals surface area contributed by atoms with Gasteiger partial charge in [-0.05, 0) is 56.8 Å². The van der Waals surface area contributed by atoms with Gasteiger partial charge in [0.15, 0.2) is 0 Å². The minimum absolute atomic E-state index is 0.0450. The minimum atomic E-state index is -0.893. The van der Waals surface area contributed by atoms with E-state index in [4.69, 9.17) is 14.2 Å². The van der Waals surface area contributed by atoms with Gasteiger partial charge in [-0.15, -0.1) is 0 Å². The van der Waals surface area contributed by atoms with Crippen molar-refractivity contribution >= 4 is 17.5 Å². The Morgan fingerprint density at radius 3 is 2.45 bits per heavy atom. The van der Waals surface area contributed by atoms with Gasteiger partial charge in [-0.2, -0.15) is 0 Å². The van der Waals surface area contributed by atoms with Crippen LogP contribution in [0.15, 0.2) is 23.3 Å². The third-order valence-electron chi connectivity index (χ3n) is 8.96. The van der Waals surface area contributed by atoms with Gasteiger partial charge < -0.3 is 14.2 Å². The van der Waals surface area contributed by atoms with Crippen molar-refractivity contribution in [2.75, 3.05) is 13.2 Å². The van der Waals surface area contributed by atoms with E-state index in [0.717, 1.165) is 24.8 Å². The quantitative estimate of drug-likeness (QED) is 0.411. The number of hydrogen-bond acceptors (Lipinski definition) is 6. The molecule has 182 valence electrons. The average Bonchev–Trinajstić information content (AvgIpc) is 3.11. The molecule has 33 heavy (non-hydrogen) atoms. The Morgan fingerprint density at radius 1 is 1.12 bits per heavy atom. The SMILES string of the molecule is CCOC(OCC)C(=O)C1=CC=C2[C@@H]3[C@H](OC(C)=O)CC4CC(=O)CC[C@]4(C)[C@H]3CC[C@]12C. The van der Waals surface area contributed by atoms with E-state index >= 15 is 0 Å². The molecule has 0 heterocycles. The lowest BCUT2D eigenvalue weighted by molar-refractivity contribution is -0.169. The zero-order valence-corrected chi connectivity index (χ0v) is 20.6. The van der Waals surface area contributed by atoms with Gasteiger partial charge in [0, 0.05) is 49.9 Å². The van der Waals surface area contributed by atoms with Crippen LogP contribution in [0.3, 0.4) is 0 Å². The number of carbonyl (C=O) groups is 3. The molecular formula is C27H38O6. The maximum absolute atomic E-state index is 13.5. The van der Waals surface area contributed by atoms with E-state index in [1.165, 1.54) is 12.5 Å². The lowest BCUT2D eigenvalue weighted by Gasteiger charge is -2.60. The maximum atomic E-state index is 13.5. The molecule has 3 saturated carbocycles. The van der Waals surface area contributed by atoms with Crippen LogP contribution < -0.4 is 0 Å². The molecule has 6 nitrogen and oxygen atoms in total. The van der Waals surface area contributed by atoms with Crippen LogP contribution >= 0.6 is 0 Å². The number of rotatable bonds is 7. The van der Waals surface area contributed by atoms with Crippen LogP contribution in [0.5, 0.6) is 0 Å². The Kier molecular flexibility index (Phi) is 6.71. The fourth-order valence-corrected chi connectivity index (χ4v) is 7.30. The molecule has 0 aromatic heterocycles. The molecule has 0 aromatic rings. The Morgan fingerprint density at radius 2 is 1.82 bits per heavy atom. The summed E-state index contributed by atoms with van der Waals surface area (Å²) in [6.45, 7) is 10.5. The van der Waals surface area contributed by atoms with Crippen LogP contribution in [-0.2, 0) is 28.6 Å². The first-order chi connectivity index (χ1) is 15.7. The van der Waals surface area contributed by atoms with Crippen molar-refractivity contribution in [2.24, 2.45) is 28.6 Å². The summed E-state index contributed by atoms with van der Waals surface area (Å²) in [5.41, 5.74) is 1.55. The number of Topliss-reactive ketones (excluding diaryl/α,β-unsaturated/α-hetero) is 2. The average molecular weight is 459 g/mol. The van der Waals surface area contributed by atoms with Crippen LogP contribution in [0, 0.1) is 28.6 Å². The van der Waals surface area contributed by atoms with Gasteiger partial charge >= 0.3 is 5.97 Å². The summed E-state index contributed by atoms with van der Waals surface area (Å²) in [5, 5.41) is 0. The molecule has 0 aromatic carbocycles. The lowest BCUT2D eigenvalue weighted by Crippen LogP contribution is -2.57. The van der Waals surface area contributed by atoms with Crippen LogP contribution in [0.2, 0.25) is 0 Å². The van der Waals surface area contributed by atoms with Gasteiger partial charge in [0.25, 0.3) is 0 Å². The van der Waals surface area contributed by atoms with E-state index in [0.29, 0.717) is 44.2 Å². The third-order valence-corrected chi connectivity index (χ3v) is 8.96. The van der Waals surface area contributed by atoms with Crippen LogP contribution in [-0.4, -0.2) is 43.1 Å². The zero-order chi connectivity index (χ0) is 24.0. The molecule has 0 aliphatic heterocycles. The molecule has 6 heteroatoms. The minimum Gasteiger partial charge on any atom is -0.462 e. The second kappa shape index (κ2) is 9.10. The van der Waals surface area contributed by atoms with E-state index in [1.54, 1.807) is 0 Å². The van der Waals surface area contributed by atoms with Crippen LogP contribution in [0.4, 0.5) is 0 Å². The summed E-state index contributed by atoms with van der Waals surface area (Å²) >= 11 is 0. The zero-order valence-electron chi connectivity index (χ0n) is 20.6. The van der Waals surface area contributed by atoms with Crippen molar-refractivity contribution in [3.63, 3.8) is 0 Å². The summed E-state index contributed by atoms with van der Waals surface area (Å²) in [5.74, 6) is 0.549. The van der Waals surface area contributed by atoms with Crippen molar-refractivity contribution in [1.82, 2.24) is 0 Å². The molecule has 0 spiro atoms. The summed E-state index contributed by atoms with van der Waals surface area (Å²) in [4.78, 5) is 37.8. The number of ketones is 2. The first kappa shape index (κ1) is 24.3. The van der Waals surface area contributed by atoms with Gasteiger partial charge in [0.05, 0.1) is 0 Å². The monoisotopic (exact) mass is 458 g/mol. The molecule has 0 bridgehead atoms. The lowest BCUT2D eigenvalue weighted by atomic mass is 9.45. The summed E-state index contributed by atoms with van der Waals surface area (Å²) in [7, 11) is 0. The van der Waals surface area contributed by atoms with E-state index < -0.39 is 11.7 Å². The maximum Gasteiger partial charge on any atom is 0.302 e. The Labute approximate surface area is 197 Å². The number of carbonyl (C=O) groups excluding carboxylic acids is 3. The molecule has 1 unspecified atom stereocenters. The predicted octanol–water partition coefficient (Wildman–Crippen LogP) is 4.56. The molecule has 4 aliphatic rings. The highest BCUT2D eigenvalue weighted by molar-refractivity contribution is 6.01. The Balaban J connectivity index is 1.67. The Hall–Kier alpha value is -1.79. The fourth-order valence-electron chi connectivity index (χ4n) is 7.30. The normalized spacial score (nSPS) is 37.6. The molecule has 6 atom stereocenters. The van der Waals surface area contributed by atoms with Crippen molar-refractivity contribution in [1.29, 1.82) is 0 Å². The fraction of sp³-hybridized carbons (Fsp3) is 0.741. The Bertz CT molecular complexity index is 881. The molecule has 4 rings (SSSR count). The molecule has 4 aliphatic carbocycles. The summed E-state index contributed by atoms with van der Waals surface area (Å²) in [6, 6.07) is 0. The molecule has 0 saturated heterocycles. The summed E-state index contributed by atoms with van der Waals surface area (Å²) < 4.78 is 17.2. The van der Waals surface area contributed by atoms with E-state index in [-0.39, 0.29) is 35.1 Å². The second-order valence-corrected chi connectivity index (χ2v) is 10.6. The molecular weight excluding hydrogens is 420 g/mol. The molecule has 0 N–H and O–H groups in total. The highest BCUT2D eigenvalue weighted by atomic mass is 16.7. The van der Waals surface area contributed by atoms with Gasteiger partial charge in [0.2, 0.25) is 12.1 Å².